The van der Waals surface area contributed by atoms with E-state index < -0.39 is 11.9 Å². The average Bonchev–Trinajstić information content (AvgIpc) is 2.44. The number of methoxy groups -OCH3 is 2. The summed E-state index contributed by atoms with van der Waals surface area (Å²) >= 11 is 0. The highest BCUT2D eigenvalue weighted by Gasteiger charge is 2.16. The summed E-state index contributed by atoms with van der Waals surface area (Å²) in [5.74, 6) is -0.559. The maximum Gasteiger partial charge on any atom is 0.248 e. The highest BCUT2D eigenvalue weighted by atomic mass is 16.5. The standard InChI is InChI=1S/C13H19N3O4/c1-19-6-5-9(14)13(18)16-10-7-8(12(15)17)3-4-11(10)20-2/h3-4,7,9H,5-6,14H2,1-2H3,(H2,15,17)(H,16,18). The summed E-state index contributed by atoms with van der Waals surface area (Å²) in [6.45, 7) is 0.382. The first-order valence-electron chi connectivity index (χ1n) is 6.02. The van der Waals surface area contributed by atoms with Crippen molar-refractivity contribution in [3.05, 3.63) is 23.8 Å². The molecule has 7 nitrogen and oxygen atoms in total. The van der Waals surface area contributed by atoms with Crippen molar-refractivity contribution in [2.24, 2.45) is 11.5 Å². The summed E-state index contributed by atoms with van der Waals surface area (Å²) in [7, 11) is 2.99. The lowest BCUT2D eigenvalue weighted by molar-refractivity contribution is -0.117. The Labute approximate surface area is 117 Å². The van der Waals surface area contributed by atoms with Crippen LogP contribution in [0.25, 0.3) is 0 Å². The van der Waals surface area contributed by atoms with Crippen LogP contribution in [0.4, 0.5) is 5.69 Å². The van der Waals surface area contributed by atoms with Gasteiger partial charge in [-0.3, -0.25) is 9.59 Å². The molecule has 0 radical (unpaired) electrons. The van der Waals surface area contributed by atoms with Crippen LogP contribution in [0.3, 0.4) is 0 Å². The Balaban J connectivity index is 2.86. The molecule has 1 aromatic rings. The molecule has 1 atom stereocenters. The minimum Gasteiger partial charge on any atom is -0.495 e. The molecule has 1 rings (SSSR count). The fourth-order valence-corrected chi connectivity index (χ4v) is 1.56. The molecule has 7 heteroatoms. The van der Waals surface area contributed by atoms with Crippen LogP contribution in [0.2, 0.25) is 0 Å². The van der Waals surface area contributed by atoms with Crippen LogP contribution in [0.15, 0.2) is 18.2 Å². The Hall–Kier alpha value is -2.12. The quantitative estimate of drug-likeness (QED) is 0.655. The molecule has 0 saturated carbocycles. The van der Waals surface area contributed by atoms with Gasteiger partial charge in [-0.1, -0.05) is 0 Å². The Morgan fingerprint density at radius 3 is 2.60 bits per heavy atom. The van der Waals surface area contributed by atoms with E-state index >= 15 is 0 Å². The number of primary amides is 1. The zero-order valence-corrected chi connectivity index (χ0v) is 11.5. The molecule has 0 bridgehead atoms. The van der Waals surface area contributed by atoms with Crippen molar-refractivity contribution >= 4 is 17.5 Å². The van der Waals surface area contributed by atoms with Crippen LogP contribution in [0.1, 0.15) is 16.8 Å². The van der Waals surface area contributed by atoms with Gasteiger partial charge < -0.3 is 26.3 Å². The van der Waals surface area contributed by atoms with Gasteiger partial charge in [-0.05, 0) is 24.6 Å². The highest BCUT2D eigenvalue weighted by molar-refractivity contribution is 5.99. The molecule has 0 spiro atoms. The van der Waals surface area contributed by atoms with Gasteiger partial charge in [0, 0.05) is 19.3 Å². The second kappa shape index (κ2) is 7.46. The van der Waals surface area contributed by atoms with Crippen molar-refractivity contribution in [2.45, 2.75) is 12.5 Å². The Bertz CT molecular complexity index is 491. The van der Waals surface area contributed by atoms with E-state index in [1.807, 2.05) is 0 Å². The molecule has 0 aliphatic heterocycles. The average molecular weight is 281 g/mol. The molecule has 1 aromatic carbocycles. The van der Waals surface area contributed by atoms with Gasteiger partial charge in [-0.2, -0.15) is 0 Å². The first kappa shape index (κ1) is 15.9. The second-order valence-corrected chi connectivity index (χ2v) is 4.16. The largest absolute Gasteiger partial charge is 0.495 e. The third kappa shape index (κ3) is 4.22. The molecule has 0 fully saturated rings. The Morgan fingerprint density at radius 1 is 1.35 bits per heavy atom. The Kier molecular flexibility index (Phi) is 5.95. The van der Waals surface area contributed by atoms with E-state index in [2.05, 4.69) is 5.32 Å². The van der Waals surface area contributed by atoms with Crippen molar-refractivity contribution in [1.82, 2.24) is 0 Å². The van der Waals surface area contributed by atoms with Crippen molar-refractivity contribution in [3.8, 4) is 5.75 Å². The normalized spacial score (nSPS) is 11.8. The van der Waals surface area contributed by atoms with Crippen molar-refractivity contribution in [2.75, 3.05) is 26.1 Å². The highest BCUT2D eigenvalue weighted by Crippen LogP contribution is 2.25. The maximum atomic E-state index is 11.9. The third-order valence-corrected chi connectivity index (χ3v) is 2.71. The van der Waals surface area contributed by atoms with Gasteiger partial charge >= 0.3 is 0 Å². The molecule has 0 saturated heterocycles. The molecule has 0 aliphatic rings. The van der Waals surface area contributed by atoms with Crippen molar-refractivity contribution < 1.29 is 19.1 Å². The fraction of sp³-hybridized carbons (Fsp3) is 0.385. The zero-order valence-electron chi connectivity index (χ0n) is 11.5. The predicted octanol–water partition coefficient (Wildman–Crippen LogP) is 0.0964. The van der Waals surface area contributed by atoms with Crippen LogP contribution >= 0.6 is 0 Å². The Morgan fingerprint density at radius 2 is 2.05 bits per heavy atom. The first-order valence-corrected chi connectivity index (χ1v) is 6.02. The van der Waals surface area contributed by atoms with E-state index in [0.717, 1.165) is 0 Å². The number of carbonyl (C=O) groups is 2. The van der Waals surface area contributed by atoms with Crippen LogP contribution in [0, 0.1) is 0 Å². The number of benzene rings is 1. The maximum absolute atomic E-state index is 11.9. The molecule has 0 aromatic heterocycles. The summed E-state index contributed by atoms with van der Waals surface area (Å²) < 4.78 is 9.97. The monoisotopic (exact) mass is 281 g/mol. The van der Waals surface area contributed by atoms with Crippen LogP contribution in [-0.2, 0) is 9.53 Å². The minimum absolute atomic E-state index is 0.270. The lowest BCUT2D eigenvalue weighted by atomic mass is 10.1. The molecule has 5 N–H and O–H groups in total. The number of nitrogens with one attached hydrogen (secondary N) is 1. The van der Waals surface area contributed by atoms with Crippen molar-refractivity contribution in [3.63, 3.8) is 0 Å². The minimum atomic E-state index is -0.711. The van der Waals surface area contributed by atoms with Gasteiger partial charge in [0.05, 0.1) is 18.8 Å². The summed E-state index contributed by atoms with van der Waals surface area (Å²) in [5, 5.41) is 2.61. The molecular weight excluding hydrogens is 262 g/mol. The van der Waals surface area contributed by atoms with E-state index in [9.17, 15) is 9.59 Å². The number of hydrogen-bond donors (Lipinski definition) is 3. The van der Waals surface area contributed by atoms with E-state index in [4.69, 9.17) is 20.9 Å². The van der Waals surface area contributed by atoms with Gasteiger partial charge in [-0.25, -0.2) is 0 Å². The summed E-state index contributed by atoms with van der Waals surface area (Å²) in [6, 6.07) is 3.80. The van der Waals surface area contributed by atoms with E-state index in [0.29, 0.717) is 24.5 Å². The van der Waals surface area contributed by atoms with Gasteiger partial charge in [0.1, 0.15) is 5.75 Å². The number of amides is 2. The van der Waals surface area contributed by atoms with Crippen molar-refractivity contribution in [1.29, 1.82) is 0 Å². The molecule has 1 unspecified atom stereocenters. The number of carbonyl (C=O) groups excluding carboxylic acids is 2. The molecule has 110 valence electrons. The molecule has 2 amide bonds. The van der Waals surface area contributed by atoms with E-state index in [1.54, 1.807) is 6.07 Å². The van der Waals surface area contributed by atoms with Crippen LogP contribution in [0.5, 0.6) is 5.75 Å². The molecule has 0 heterocycles. The van der Waals surface area contributed by atoms with E-state index in [1.165, 1.54) is 26.4 Å². The van der Waals surface area contributed by atoms with E-state index in [-0.39, 0.29) is 11.5 Å². The summed E-state index contributed by atoms with van der Waals surface area (Å²) in [5.41, 5.74) is 11.5. The first-order chi connectivity index (χ1) is 9.49. The summed E-state index contributed by atoms with van der Waals surface area (Å²) in [4.78, 5) is 23.0. The van der Waals surface area contributed by atoms with Gasteiger partial charge in [-0.15, -0.1) is 0 Å². The molecule has 20 heavy (non-hydrogen) atoms. The number of rotatable bonds is 7. The smallest absolute Gasteiger partial charge is 0.248 e. The third-order valence-electron chi connectivity index (χ3n) is 2.71. The SMILES string of the molecule is COCCC(N)C(=O)Nc1cc(C(N)=O)ccc1OC. The lowest BCUT2D eigenvalue weighted by Gasteiger charge is -2.14. The van der Waals surface area contributed by atoms with Gasteiger partial charge in [0.2, 0.25) is 11.8 Å². The van der Waals surface area contributed by atoms with Crippen LogP contribution < -0.4 is 21.5 Å². The fourth-order valence-electron chi connectivity index (χ4n) is 1.56. The van der Waals surface area contributed by atoms with Gasteiger partial charge in [0.25, 0.3) is 0 Å². The number of anilines is 1. The van der Waals surface area contributed by atoms with Crippen LogP contribution in [-0.4, -0.2) is 38.7 Å². The second-order valence-electron chi connectivity index (χ2n) is 4.16. The molecular formula is C13H19N3O4. The summed E-state index contributed by atoms with van der Waals surface area (Å²) in [6.07, 6.45) is 0.389. The number of nitrogens with two attached hydrogens (primary N) is 2. The van der Waals surface area contributed by atoms with Gasteiger partial charge in [0.15, 0.2) is 0 Å². The predicted molar refractivity (Wildman–Crippen MR) is 74.6 cm³/mol. The number of hydrogen-bond acceptors (Lipinski definition) is 5. The molecule has 0 aliphatic carbocycles. The lowest BCUT2D eigenvalue weighted by Crippen LogP contribution is -2.36. The zero-order chi connectivity index (χ0) is 15.1. The number of ether oxygens (including phenoxy) is 2. The topological polar surface area (TPSA) is 117 Å².